The van der Waals surface area contributed by atoms with Crippen molar-refractivity contribution >= 4 is 139 Å². The Morgan fingerprint density at radius 3 is 1.22 bits per heavy atom. The summed E-state index contributed by atoms with van der Waals surface area (Å²) in [7, 11) is 0. The monoisotopic (exact) mass is 982 g/mol. The second kappa shape index (κ2) is 22.2. The van der Waals surface area contributed by atoms with Crippen LogP contribution in [0.15, 0.2) is 105 Å². The second-order valence-electron chi connectivity index (χ2n) is 13.8. The van der Waals surface area contributed by atoms with E-state index in [4.69, 9.17) is 69.6 Å². The van der Waals surface area contributed by atoms with Crippen molar-refractivity contribution in [2.24, 2.45) is 20.5 Å². The average molecular weight is 986 g/mol. The van der Waals surface area contributed by atoms with Crippen LogP contribution in [0.1, 0.15) is 59.5 Å². The number of benzene rings is 5. The maximum Gasteiger partial charge on any atom is 0.258 e. The van der Waals surface area contributed by atoms with Gasteiger partial charge in [-0.15, -0.1) is 0 Å². The lowest BCUT2D eigenvalue weighted by Crippen LogP contribution is -2.33. The highest BCUT2D eigenvalue weighted by molar-refractivity contribution is 6.44. The van der Waals surface area contributed by atoms with Crippen LogP contribution in [-0.4, -0.2) is 47.3 Å². The van der Waals surface area contributed by atoms with Gasteiger partial charge in [0.1, 0.15) is 0 Å². The molecular weight excluding hydrogens is 949 g/mol. The van der Waals surface area contributed by atoms with Crippen LogP contribution in [-0.2, 0) is 32.0 Å². The third kappa shape index (κ3) is 12.5. The molecule has 5 rings (SSSR count). The number of anilines is 4. The van der Waals surface area contributed by atoms with Crippen molar-refractivity contribution in [2.75, 3.05) is 21.3 Å². The molecule has 5 aromatic rings. The minimum absolute atomic E-state index is 0.0836. The Balaban J connectivity index is 1.31. The molecule has 330 valence electrons. The van der Waals surface area contributed by atoms with Crippen LogP contribution in [0, 0.1) is 0 Å². The van der Waals surface area contributed by atoms with Crippen LogP contribution < -0.4 is 21.3 Å². The zero-order valence-electron chi connectivity index (χ0n) is 34.2. The Hall–Kier alpha value is -5.74. The SMILES string of the molecule is CCc1c(NC(=O)C(N=Nc2cc(Cl)cc(C(=O)Nc3cccc(Cl)c3Cl)c2)C(C)=O)ccc(NC(=O)C(N=Nc2cc(Cl)cc(C(=O)Nc3cccc(Cl)c3Cl)c2)C(C)=O)c1CC. The summed E-state index contributed by atoms with van der Waals surface area (Å²) < 4.78 is 0. The van der Waals surface area contributed by atoms with Crippen molar-refractivity contribution in [3.8, 4) is 0 Å². The Kier molecular flexibility index (Phi) is 17.1. The molecule has 0 heterocycles. The van der Waals surface area contributed by atoms with Gasteiger partial charge in [0.25, 0.3) is 23.6 Å². The standard InChI is InChI=1S/C44H36Cl6N8O6/c1-5-29-30(6-2)34(52-44(64)40(22(4)60)58-56-28-18-24(16-26(46)20-28)42(62)54-36-12-8-10-32(48)38(36)50)14-13-33(29)51-43(63)39(21(3)59)57-55-27-17-23(15-25(45)19-27)41(61)53-35-11-7-9-31(47)37(35)49/h7-20,39-40H,5-6H2,1-4H3,(H,51,63)(H,52,64)(H,53,61)(H,54,62). The number of halogens is 6. The molecule has 0 saturated carbocycles. The first-order chi connectivity index (χ1) is 30.4. The highest BCUT2D eigenvalue weighted by atomic mass is 35.5. The lowest BCUT2D eigenvalue weighted by Gasteiger charge is -2.20. The van der Waals surface area contributed by atoms with E-state index in [9.17, 15) is 28.8 Å². The zero-order chi connectivity index (χ0) is 46.8. The van der Waals surface area contributed by atoms with Gasteiger partial charge in [0, 0.05) is 32.5 Å². The second-order valence-corrected chi connectivity index (χ2v) is 16.2. The number of azo groups is 2. The van der Waals surface area contributed by atoms with Gasteiger partial charge >= 0.3 is 0 Å². The molecular formula is C44H36Cl6N8O6. The number of rotatable bonds is 16. The van der Waals surface area contributed by atoms with Crippen molar-refractivity contribution in [1.82, 2.24) is 0 Å². The molecule has 0 spiro atoms. The van der Waals surface area contributed by atoms with E-state index in [-0.39, 0.29) is 64.0 Å². The molecule has 0 aliphatic heterocycles. The Morgan fingerprint density at radius 2 is 0.875 bits per heavy atom. The lowest BCUT2D eigenvalue weighted by molar-refractivity contribution is -0.127. The van der Waals surface area contributed by atoms with E-state index in [0.29, 0.717) is 35.3 Å². The summed E-state index contributed by atoms with van der Waals surface area (Å²) >= 11 is 37.1. The number of nitrogens with zero attached hydrogens (tertiary/aromatic N) is 4. The van der Waals surface area contributed by atoms with E-state index in [1.807, 2.05) is 13.8 Å². The molecule has 5 aromatic carbocycles. The summed E-state index contributed by atoms with van der Waals surface area (Å²) in [6.07, 6.45) is 0.763. The van der Waals surface area contributed by atoms with Crippen LogP contribution in [0.2, 0.25) is 30.1 Å². The summed E-state index contributed by atoms with van der Waals surface area (Å²) in [5, 5.41) is 28.0. The molecule has 64 heavy (non-hydrogen) atoms. The maximum atomic E-state index is 13.6. The fraction of sp³-hybridized carbons (Fsp3) is 0.182. The van der Waals surface area contributed by atoms with E-state index in [1.165, 1.54) is 62.4 Å². The molecule has 0 radical (unpaired) electrons. The molecule has 0 saturated heterocycles. The first-order valence-electron chi connectivity index (χ1n) is 19.1. The molecule has 20 heteroatoms. The highest BCUT2D eigenvalue weighted by Gasteiger charge is 2.27. The first kappa shape index (κ1) is 49.3. The summed E-state index contributed by atoms with van der Waals surface area (Å²) in [6.45, 7) is 6.02. The van der Waals surface area contributed by atoms with Gasteiger partial charge in [-0.3, -0.25) is 28.8 Å². The number of Topliss-reactive ketones (excluding diaryl/α,β-unsaturated/α-hetero) is 2. The van der Waals surface area contributed by atoms with Gasteiger partial charge in [0.15, 0.2) is 11.6 Å². The molecule has 0 aromatic heterocycles. The summed E-state index contributed by atoms with van der Waals surface area (Å²) in [5.41, 5.74) is 2.81. The van der Waals surface area contributed by atoms with Crippen LogP contribution in [0.4, 0.5) is 34.1 Å². The number of nitrogens with one attached hydrogen (secondary N) is 4. The van der Waals surface area contributed by atoms with Gasteiger partial charge in [-0.25, -0.2) is 0 Å². The van der Waals surface area contributed by atoms with Gasteiger partial charge in [0.2, 0.25) is 12.1 Å². The molecule has 14 nitrogen and oxygen atoms in total. The quantitative estimate of drug-likeness (QED) is 0.0560. The number of ketones is 2. The predicted molar refractivity (Wildman–Crippen MR) is 252 cm³/mol. The topological polar surface area (TPSA) is 200 Å². The van der Waals surface area contributed by atoms with Crippen molar-refractivity contribution in [3.63, 3.8) is 0 Å². The molecule has 4 N–H and O–H groups in total. The smallest absolute Gasteiger partial charge is 0.258 e. The largest absolute Gasteiger partial charge is 0.323 e. The zero-order valence-corrected chi connectivity index (χ0v) is 38.7. The maximum absolute atomic E-state index is 13.6. The predicted octanol–water partition coefficient (Wildman–Crippen LogP) is 12.6. The average Bonchev–Trinajstić information content (AvgIpc) is 3.23. The fourth-order valence-electron chi connectivity index (χ4n) is 6.14. The van der Waals surface area contributed by atoms with Crippen molar-refractivity contribution < 1.29 is 28.8 Å². The van der Waals surface area contributed by atoms with Crippen molar-refractivity contribution in [1.29, 1.82) is 0 Å². The van der Waals surface area contributed by atoms with Crippen LogP contribution in [0.5, 0.6) is 0 Å². The fourth-order valence-corrected chi connectivity index (χ4v) is 7.29. The summed E-state index contributed by atoms with van der Waals surface area (Å²) in [4.78, 5) is 78.7. The van der Waals surface area contributed by atoms with Gasteiger partial charge < -0.3 is 21.3 Å². The molecule has 0 aliphatic carbocycles. The van der Waals surface area contributed by atoms with Crippen molar-refractivity contribution in [2.45, 2.75) is 52.6 Å². The molecule has 4 amide bonds. The number of hydrogen-bond acceptors (Lipinski definition) is 10. The highest BCUT2D eigenvalue weighted by Crippen LogP contribution is 2.33. The summed E-state index contributed by atoms with van der Waals surface area (Å²) in [5.74, 6) is -4.02. The van der Waals surface area contributed by atoms with Crippen LogP contribution in [0.25, 0.3) is 0 Å². The van der Waals surface area contributed by atoms with Crippen LogP contribution in [0.3, 0.4) is 0 Å². The minimum Gasteiger partial charge on any atom is -0.323 e. The first-order valence-corrected chi connectivity index (χ1v) is 21.4. The third-order valence-corrected chi connectivity index (χ3v) is 11.3. The van der Waals surface area contributed by atoms with E-state index >= 15 is 0 Å². The number of carbonyl (C=O) groups is 6. The van der Waals surface area contributed by atoms with Crippen molar-refractivity contribution in [3.05, 3.63) is 137 Å². The number of amides is 4. The molecule has 2 unspecified atom stereocenters. The van der Waals surface area contributed by atoms with E-state index < -0.39 is 47.3 Å². The Bertz CT molecular complexity index is 2560. The van der Waals surface area contributed by atoms with Gasteiger partial charge in [-0.2, -0.15) is 20.5 Å². The normalized spacial score (nSPS) is 12.2. The van der Waals surface area contributed by atoms with Gasteiger partial charge in [0.05, 0.1) is 42.8 Å². The third-order valence-electron chi connectivity index (χ3n) is 9.19. The molecule has 0 aliphatic rings. The molecule has 2 atom stereocenters. The molecule has 0 bridgehead atoms. The Labute approximate surface area is 397 Å². The number of carbonyl (C=O) groups excluding carboxylic acids is 6. The van der Waals surface area contributed by atoms with Crippen LogP contribution >= 0.6 is 69.6 Å². The van der Waals surface area contributed by atoms with Gasteiger partial charge in [-0.1, -0.05) is 95.6 Å². The molecule has 0 fully saturated rings. The summed E-state index contributed by atoms with van der Waals surface area (Å²) in [6, 6.07) is 17.7. The van der Waals surface area contributed by atoms with E-state index in [0.717, 1.165) is 0 Å². The minimum atomic E-state index is -1.59. The van der Waals surface area contributed by atoms with E-state index in [1.54, 1.807) is 36.4 Å². The number of hydrogen-bond donors (Lipinski definition) is 4. The lowest BCUT2D eigenvalue weighted by atomic mass is 9.98. The van der Waals surface area contributed by atoms with E-state index in [2.05, 4.69) is 41.7 Å². The van der Waals surface area contributed by atoms with Gasteiger partial charge in [-0.05, 0) is 111 Å². The Morgan fingerprint density at radius 1 is 0.500 bits per heavy atom.